The molecule has 0 spiro atoms. The van der Waals surface area contributed by atoms with Crippen molar-refractivity contribution in [2.24, 2.45) is 0 Å². The zero-order valence-corrected chi connectivity index (χ0v) is 12.0. The highest BCUT2D eigenvalue weighted by molar-refractivity contribution is 9.10. The third kappa shape index (κ3) is 3.00. The number of nitrogens with one attached hydrogen (secondary N) is 1. The van der Waals surface area contributed by atoms with E-state index in [2.05, 4.69) is 26.2 Å². The van der Waals surface area contributed by atoms with Crippen LogP contribution in [-0.2, 0) is 0 Å². The highest BCUT2D eigenvalue weighted by atomic mass is 79.9. The summed E-state index contributed by atoms with van der Waals surface area (Å²) in [4.78, 5) is 26.4. The summed E-state index contributed by atoms with van der Waals surface area (Å²) < 4.78 is 0.636. The smallest absolute Gasteiger partial charge is 0.270 e. The molecule has 0 unspecified atom stereocenters. The van der Waals surface area contributed by atoms with Crippen LogP contribution in [0.4, 0.5) is 11.5 Å². The van der Waals surface area contributed by atoms with E-state index < -0.39 is 10.8 Å². The predicted octanol–water partition coefficient (Wildman–Crippen LogP) is 3.31. The first-order valence-electron chi connectivity index (χ1n) is 5.66. The van der Waals surface area contributed by atoms with Gasteiger partial charge in [0.25, 0.3) is 11.6 Å². The average Bonchev–Trinajstić information content (AvgIpc) is 2.41. The Labute approximate surface area is 123 Å². The number of non-ortho nitro benzene ring substituents is 1. The molecule has 7 heteroatoms. The van der Waals surface area contributed by atoms with Crippen LogP contribution in [-0.4, -0.2) is 15.8 Å². The van der Waals surface area contributed by atoms with Crippen LogP contribution in [0.5, 0.6) is 0 Å². The summed E-state index contributed by atoms with van der Waals surface area (Å²) in [6, 6.07) is 7.62. The van der Waals surface area contributed by atoms with Crippen LogP contribution in [0.15, 0.2) is 41.0 Å². The third-order valence-electron chi connectivity index (χ3n) is 2.67. The largest absolute Gasteiger partial charge is 0.306 e. The van der Waals surface area contributed by atoms with E-state index in [0.717, 1.165) is 0 Å². The monoisotopic (exact) mass is 335 g/mol. The van der Waals surface area contributed by atoms with Gasteiger partial charge >= 0.3 is 0 Å². The summed E-state index contributed by atoms with van der Waals surface area (Å²) in [5.74, 6) is -0.0750. The van der Waals surface area contributed by atoms with Gasteiger partial charge in [0, 0.05) is 23.9 Å². The van der Waals surface area contributed by atoms with Crippen molar-refractivity contribution >= 4 is 33.3 Å². The molecule has 1 aromatic carbocycles. The van der Waals surface area contributed by atoms with E-state index in [1.54, 1.807) is 31.3 Å². The maximum absolute atomic E-state index is 12.2. The highest BCUT2D eigenvalue weighted by Crippen LogP contribution is 2.21. The van der Waals surface area contributed by atoms with E-state index in [9.17, 15) is 14.9 Å². The maximum Gasteiger partial charge on any atom is 0.270 e. The molecule has 0 aliphatic rings. The number of hydrogen-bond donors (Lipinski definition) is 1. The maximum atomic E-state index is 12.2. The lowest BCUT2D eigenvalue weighted by Gasteiger charge is -2.08. The molecule has 0 aliphatic heterocycles. The quantitative estimate of drug-likeness (QED) is 0.688. The number of pyridine rings is 1. The number of rotatable bonds is 3. The molecule has 1 heterocycles. The minimum absolute atomic E-state index is 0.124. The van der Waals surface area contributed by atoms with Gasteiger partial charge in [-0.1, -0.05) is 6.07 Å². The fourth-order valence-corrected chi connectivity index (χ4v) is 1.97. The van der Waals surface area contributed by atoms with Gasteiger partial charge in [0.15, 0.2) is 0 Å². The van der Waals surface area contributed by atoms with Gasteiger partial charge in [-0.05, 0) is 40.5 Å². The molecular formula is C13H10BrN3O3. The molecule has 20 heavy (non-hydrogen) atoms. The van der Waals surface area contributed by atoms with Gasteiger partial charge < -0.3 is 5.32 Å². The molecule has 1 N–H and O–H groups in total. The summed E-state index contributed by atoms with van der Waals surface area (Å²) in [5.41, 5.74) is 0.776. The van der Waals surface area contributed by atoms with Crippen LogP contribution in [0, 0.1) is 17.0 Å². The standard InChI is InChI=1S/C13H10BrN3O3/c1-8-4-5-9(17(19)20)7-10(8)13(18)16-12-11(14)3-2-6-15-12/h2-7H,1H3,(H,15,16,18). The Bertz CT molecular complexity index is 688. The number of carbonyl (C=O) groups is 1. The molecule has 102 valence electrons. The Balaban J connectivity index is 2.32. The molecule has 1 amide bonds. The summed E-state index contributed by atoms with van der Waals surface area (Å²) >= 11 is 3.27. The van der Waals surface area contributed by atoms with E-state index in [-0.39, 0.29) is 11.3 Å². The molecule has 6 nitrogen and oxygen atoms in total. The Morgan fingerprint density at radius 2 is 2.15 bits per heavy atom. The van der Waals surface area contributed by atoms with E-state index in [0.29, 0.717) is 15.9 Å². The van der Waals surface area contributed by atoms with Crippen molar-refractivity contribution in [3.63, 3.8) is 0 Å². The van der Waals surface area contributed by atoms with Crippen molar-refractivity contribution < 1.29 is 9.72 Å². The Morgan fingerprint density at radius 3 is 2.80 bits per heavy atom. The summed E-state index contributed by atoms with van der Waals surface area (Å²) in [7, 11) is 0. The molecule has 0 bridgehead atoms. The van der Waals surface area contributed by atoms with Gasteiger partial charge in [0.1, 0.15) is 5.82 Å². The molecule has 0 atom stereocenters. The number of halogens is 1. The zero-order valence-electron chi connectivity index (χ0n) is 10.5. The molecule has 0 saturated heterocycles. The zero-order chi connectivity index (χ0) is 14.7. The van der Waals surface area contributed by atoms with Crippen LogP contribution in [0.3, 0.4) is 0 Å². The van der Waals surface area contributed by atoms with Crippen molar-refractivity contribution in [1.82, 2.24) is 4.98 Å². The number of amides is 1. The Kier molecular flexibility index (Phi) is 4.09. The lowest BCUT2D eigenvalue weighted by molar-refractivity contribution is -0.384. The van der Waals surface area contributed by atoms with Crippen molar-refractivity contribution in [2.45, 2.75) is 6.92 Å². The number of hydrogen-bond acceptors (Lipinski definition) is 4. The van der Waals surface area contributed by atoms with E-state index in [4.69, 9.17) is 0 Å². The lowest BCUT2D eigenvalue weighted by atomic mass is 10.1. The van der Waals surface area contributed by atoms with Crippen LogP contribution < -0.4 is 5.32 Å². The number of nitrogens with zero attached hydrogens (tertiary/aromatic N) is 2. The first-order valence-corrected chi connectivity index (χ1v) is 6.45. The predicted molar refractivity (Wildman–Crippen MR) is 77.7 cm³/mol. The van der Waals surface area contributed by atoms with E-state index in [1.807, 2.05) is 0 Å². The fraction of sp³-hybridized carbons (Fsp3) is 0.0769. The topological polar surface area (TPSA) is 85.1 Å². The van der Waals surface area contributed by atoms with Gasteiger partial charge in [-0.2, -0.15) is 0 Å². The van der Waals surface area contributed by atoms with Gasteiger partial charge in [-0.15, -0.1) is 0 Å². The molecule has 0 aliphatic carbocycles. The summed E-state index contributed by atoms with van der Waals surface area (Å²) in [6.45, 7) is 1.71. The van der Waals surface area contributed by atoms with Crippen LogP contribution in [0.2, 0.25) is 0 Å². The van der Waals surface area contributed by atoms with Crippen molar-refractivity contribution in [3.8, 4) is 0 Å². The van der Waals surface area contributed by atoms with E-state index in [1.165, 1.54) is 12.1 Å². The van der Waals surface area contributed by atoms with Crippen LogP contribution >= 0.6 is 15.9 Å². The third-order valence-corrected chi connectivity index (χ3v) is 3.31. The fourth-order valence-electron chi connectivity index (χ4n) is 1.62. The van der Waals surface area contributed by atoms with Gasteiger partial charge in [0.05, 0.1) is 9.40 Å². The van der Waals surface area contributed by atoms with E-state index >= 15 is 0 Å². The lowest BCUT2D eigenvalue weighted by Crippen LogP contribution is -2.15. The van der Waals surface area contributed by atoms with Crippen molar-refractivity contribution in [1.29, 1.82) is 0 Å². The number of nitro groups is 1. The van der Waals surface area contributed by atoms with Gasteiger partial charge in [-0.3, -0.25) is 14.9 Å². The number of nitro benzene ring substituents is 1. The first-order chi connectivity index (χ1) is 9.49. The number of anilines is 1. The minimum Gasteiger partial charge on any atom is -0.306 e. The number of benzene rings is 1. The number of aryl methyl sites for hydroxylation is 1. The Morgan fingerprint density at radius 1 is 1.40 bits per heavy atom. The molecule has 2 rings (SSSR count). The van der Waals surface area contributed by atoms with Crippen LogP contribution in [0.1, 0.15) is 15.9 Å². The van der Waals surface area contributed by atoms with Crippen LogP contribution in [0.25, 0.3) is 0 Å². The summed E-state index contributed by atoms with van der Waals surface area (Å²) in [5, 5.41) is 13.4. The Hall–Kier alpha value is -2.28. The number of carbonyl (C=O) groups excluding carboxylic acids is 1. The molecule has 0 saturated carbocycles. The van der Waals surface area contributed by atoms with Crippen molar-refractivity contribution in [3.05, 3.63) is 62.2 Å². The number of aromatic nitrogens is 1. The van der Waals surface area contributed by atoms with Gasteiger partial charge in [-0.25, -0.2) is 4.98 Å². The van der Waals surface area contributed by atoms with Gasteiger partial charge in [0.2, 0.25) is 0 Å². The molecule has 1 aromatic heterocycles. The second-order valence-electron chi connectivity index (χ2n) is 4.04. The molecular weight excluding hydrogens is 326 g/mol. The highest BCUT2D eigenvalue weighted by Gasteiger charge is 2.15. The van der Waals surface area contributed by atoms with Crippen molar-refractivity contribution in [2.75, 3.05) is 5.32 Å². The molecule has 0 radical (unpaired) electrons. The minimum atomic E-state index is -0.535. The average molecular weight is 336 g/mol. The summed E-state index contributed by atoms with van der Waals surface area (Å²) in [6.07, 6.45) is 1.54. The normalized spacial score (nSPS) is 10.1. The first kappa shape index (κ1) is 14.1. The molecule has 2 aromatic rings. The molecule has 0 fully saturated rings. The second-order valence-corrected chi connectivity index (χ2v) is 4.90. The second kappa shape index (κ2) is 5.79. The SMILES string of the molecule is Cc1ccc([N+](=O)[O-])cc1C(=O)Nc1ncccc1Br.